The number of pyridine rings is 1. The number of rotatable bonds is 3. The zero-order chi connectivity index (χ0) is 9.80. The Labute approximate surface area is 85.9 Å². The molecule has 0 unspecified atom stereocenters. The number of hydrogen-bond acceptors (Lipinski definition) is 4. The molecule has 0 aliphatic carbocycles. The van der Waals surface area contributed by atoms with Gasteiger partial charge in [-0.15, -0.1) is 21.8 Å². The van der Waals surface area contributed by atoms with Crippen LogP contribution >= 0.6 is 11.6 Å². The van der Waals surface area contributed by atoms with Gasteiger partial charge in [-0.3, -0.25) is 4.98 Å². The van der Waals surface area contributed by atoms with Gasteiger partial charge >= 0.3 is 0 Å². The molecule has 2 rings (SSSR count). The molecule has 0 saturated carbocycles. The Morgan fingerprint density at radius 3 is 2.50 bits per heavy atom. The number of halogens is 1. The Balaban J connectivity index is 2.11. The Hall–Kier alpha value is -1.42. The number of hydrogen-bond donors (Lipinski definition) is 0. The van der Waals surface area contributed by atoms with Crippen LogP contribution in [0, 0.1) is 0 Å². The van der Waals surface area contributed by atoms with Gasteiger partial charge in [-0.2, -0.15) is 0 Å². The maximum atomic E-state index is 5.54. The summed E-state index contributed by atoms with van der Waals surface area (Å²) in [4.78, 5) is 3.92. The van der Waals surface area contributed by atoms with Crippen LogP contribution in [0.3, 0.4) is 0 Å². The van der Waals surface area contributed by atoms with E-state index in [0.717, 1.165) is 5.56 Å². The topological polar surface area (TPSA) is 51.8 Å². The molecule has 0 atom stereocenters. The first-order valence-corrected chi connectivity index (χ1v) is 4.68. The highest BCUT2D eigenvalue weighted by molar-refractivity contribution is 6.16. The minimum absolute atomic E-state index is 0.253. The van der Waals surface area contributed by atoms with Crippen molar-refractivity contribution in [2.45, 2.75) is 12.3 Å². The molecule has 0 aliphatic heterocycles. The van der Waals surface area contributed by atoms with E-state index in [2.05, 4.69) is 15.2 Å². The van der Waals surface area contributed by atoms with Crippen molar-refractivity contribution >= 4 is 11.6 Å². The second-order valence-electron chi connectivity index (χ2n) is 2.76. The average molecular weight is 210 g/mol. The van der Waals surface area contributed by atoms with Crippen LogP contribution in [0.2, 0.25) is 0 Å². The summed E-state index contributed by atoms with van der Waals surface area (Å²) >= 11 is 5.54. The standard InChI is InChI=1S/C9H8ClN3O/c10-6-9-13-12-8(14-9)5-7-1-3-11-4-2-7/h1-4H,5-6H2. The Morgan fingerprint density at radius 1 is 1.14 bits per heavy atom. The summed E-state index contributed by atoms with van der Waals surface area (Å²) in [6.45, 7) is 0. The van der Waals surface area contributed by atoms with E-state index >= 15 is 0 Å². The third-order valence-electron chi connectivity index (χ3n) is 1.73. The van der Waals surface area contributed by atoms with Gasteiger partial charge in [0.25, 0.3) is 0 Å². The van der Waals surface area contributed by atoms with E-state index in [-0.39, 0.29) is 5.88 Å². The van der Waals surface area contributed by atoms with Crippen LogP contribution in [0.25, 0.3) is 0 Å². The van der Waals surface area contributed by atoms with Gasteiger partial charge in [0.2, 0.25) is 11.8 Å². The van der Waals surface area contributed by atoms with Gasteiger partial charge in [-0.25, -0.2) is 0 Å². The van der Waals surface area contributed by atoms with E-state index in [1.165, 1.54) is 0 Å². The zero-order valence-corrected chi connectivity index (χ0v) is 8.11. The molecule has 0 fully saturated rings. The summed E-state index contributed by atoms with van der Waals surface area (Å²) in [5, 5.41) is 7.63. The Kier molecular flexibility index (Phi) is 2.74. The normalized spacial score (nSPS) is 10.4. The molecule has 0 aromatic carbocycles. The molecule has 0 aliphatic rings. The summed E-state index contributed by atoms with van der Waals surface area (Å²) in [5.41, 5.74) is 1.09. The van der Waals surface area contributed by atoms with Gasteiger partial charge in [0, 0.05) is 12.4 Å². The van der Waals surface area contributed by atoms with E-state index in [9.17, 15) is 0 Å². The first kappa shape index (κ1) is 9.15. The fourth-order valence-corrected chi connectivity index (χ4v) is 1.20. The minimum Gasteiger partial charge on any atom is -0.424 e. The van der Waals surface area contributed by atoms with Crippen molar-refractivity contribution in [3.05, 3.63) is 41.9 Å². The summed E-state index contributed by atoms with van der Waals surface area (Å²) in [7, 11) is 0. The van der Waals surface area contributed by atoms with Gasteiger partial charge in [-0.05, 0) is 17.7 Å². The lowest BCUT2D eigenvalue weighted by Crippen LogP contribution is -1.87. The molecule has 72 valence electrons. The molecular formula is C9H8ClN3O. The highest BCUT2D eigenvalue weighted by atomic mass is 35.5. The SMILES string of the molecule is ClCc1nnc(Cc2ccncc2)o1. The Morgan fingerprint density at radius 2 is 1.86 bits per heavy atom. The van der Waals surface area contributed by atoms with Crippen LogP contribution in [0.4, 0.5) is 0 Å². The van der Waals surface area contributed by atoms with Crippen LogP contribution in [-0.4, -0.2) is 15.2 Å². The van der Waals surface area contributed by atoms with Crippen molar-refractivity contribution in [3.8, 4) is 0 Å². The smallest absolute Gasteiger partial charge is 0.231 e. The quantitative estimate of drug-likeness (QED) is 0.724. The molecule has 2 aromatic rings. The van der Waals surface area contributed by atoms with Gasteiger partial charge in [0.05, 0.1) is 6.42 Å². The zero-order valence-electron chi connectivity index (χ0n) is 7.35. The molecule has 4 nitrogen and oxygen atoms in total. The van der Waals surface area contributed by atoms with Crippen molar-refractivity contribution in [1.82, 2.24) is 15.2 Å². The lowest BCUT2D eigenvalue weighted by Gasteiger charge is -1.93. The summed E-state index contributed by atoms with van der Waals surface area (Å²) in [6.07, 6.45) is 4.08. The number of alkyl halides is 1. The molecule has 5 heteroatoms. The van der Waals surface area contributed by atoms with E-state index in [1.54, 1.807) is 12.4 Å². The van der Waals surface area contributed by atoms with Crippen molar-refractivity contribution in [1.29, 1.82) is 0 Å². The highest BCUT2D eigenvalue weighted by Crippen LogP contribution is 2.08. The van der Waals surface area contributed by atoms with E-state index in [0.29, 0.717) is 18.2 Å². The minimum atomic E-state index is 0.253. The molecule has 0 amide bonds. The van der Waals surface area contributed by atoms with E-state index < -0.39 is 0 Å². The maximum Gasteiger partial charge on any atom is 0.231 e. The lowest BCUT2D eigenvalue weighted by molar-refractivity contribution is 0.473. The van der Waals surface area contributed by atoms with Crippen molar-refractivity contribution in [2.24, 2.45) is 0 Å². The average Bonchev–Trinajstić information content (AvgIpc) is 2.67. The van der Waals surface area contributed by atoms with Gasteiger partial charge in [0.15, 0.2) is 0 Å². The van der Waals surface area contributed by atoms with Crippen molar-refractivity contribution in [3.63, 3.8) is 0 Å². The fourth-order valence-electron chi connectivity index (χ4n) is 1.09. The second kappa shape index (κ2) is 4.19. The van der Waals surface area contributed by atoms with Gasteiger partial charge in [-0.1, -0.05) is 0 Å². The molecule has 0 N–H and O–H groups in total. The number of nitrogens with zero attached hydrogens (tertiary/aromatic N) is 3. The van der Waals surface area contributed by atoms with Crippen LogP contribution in [0.15, 0.2) is 28.9 Å². The molecule has 2 aromatic heterocycles. The van der Waals surface area contributed by atoms with Crippen LogP contribution in [0.1, 0.15) is 17.3 Å². The molecular weight excluding hydrogens is 202 g/mol. The molecule has 0 bridgehead atoms. The molecule has 14 heavy (non-hydrogen) atoms. The number of aromatic nitrogens is 3. The molecule has 0 spiro atoms. The summed E-state index contributed by atoms with van der Waals surface area (Å²) < 4.78 is 5.26. The molecule has 2 heterocycles. The summed E-state index contributed by atoms with van der Waals surface area (Å²) in [5.74, 6) is 1.28. The lowest BCUT2D eigenvalue weighted by atomic mass is 10.2. The van der Waals surface area contributed by atoms with Crippen LogP contribution in [-0.2, 0) is 12.3 Å². The molecule has 0 saturated heterocycles. The highest BCUT2D eigenvalue weighted by Gasteiger charge is 2.05. The first-order valence-electron chi connectivity index (χ1n) is 4.14. The van der Waals surface area contributed by atoms with Crippen molar-refractivity contribution < 1.29 is 4.42 Å². The monoisotopic (exact) mass is 209 g/mol. The predicted molar refractivity (Wildman–Crippen MR) is 50.9 cm³/mol. The van der Waals surface area contributed by atoms with Crippen LogP contribution in [0.5, 0.6) is 0 Å². The Bertz CT molecular complexity index is 401. The van der Waals surface area contributed by atoms with Gasteiger partial charge in [0.1, 0.15) is 5.88 Å². The third kappa shape index (κ3) is 2.09. The third-order valence-corrected chi connectivity index (χ3v) is 1.96. The van der Waals surface area contributed by atoms with Gasteiger partial charge < -0.3 is 4.42 Å². The first-order chi connectivity index (χ1) is 6.88. The second-order valence-corrected chi connectivity index (χ2v) is 3.02. The summed E-state index contributed by atoms with van der Waals surface area (Å²) in [6, 6.07) is 3.81. The van der Waals surface area contributed by atoms with Crippen LogP contribution < -0.4 is 0 Å². The largest absolute Gasteiger partial charge is 0.424 e. The fraction of sp³-hybridized carbons (Fsp3) is 0.222. The van der Waals surface area contributed by atoms with Crippen molar-refractivity contribution in [2.75, 3.05) is 0 Å². The predicted octanol–water partition coefficient (Wildman–Crippen LogP) is 1.79. The maximum absolute atomic E-state index is 5.54. The molecule has 0 radical (unpaired) electrons. The van der Waals surface area contributed by atoms with E-state index in [1.807, 2.05) is 12.1 Å². The van der Waals surface area contributed by atoms with E-state index in [4.69, 9.17) is 16.0 Å².